The van der Waals surface area contributed by atoms with Crippen molar-refractivity contribution in [1.82, 2.24) is 5.32 Å². The van der Waals surface area contributed by atoms with Gasteiger partial charge in [0.2, 0.25) is 0 Å². The molecule has 1 aromatic carbocycles. The molecule has 19 heavy (non-hydrogen) atoms. The maximum atomic E-state index is 10.3. The zero-order chi connectivity index (χ0) is 14.3. The molecule has 0 saturated carbocycles. The molecule has 1 rings (SSSR count). The van der Waals surface area contributed by atoms with Crippen LogP contribution in [0, 0.1) is 0 Å². The molecule has 3 heteroatoms. The maximum Gasteiger partial charge on any atom is 0.124 e. The Morgan fingerprint density at radius 3 is 2.37 bits per heavy atom. The van der Waals surface area contributed by atoms with Crippen molar-refractivity contribution in [3.8, 4) is 5.75 Å². The van der Waals surface area contributed by atoms with Crippen LogP contribution in [0.4, 0.5) is 0 Å². The molecule has 0 aromatic heterocycles. The summed E-state index contributed by atoms with van der Waals surface area (Å²) in [5.74, 6) is 0.865. The molecule has 1 unspecified atom stereocenters. The van der Waals surface area contributed by atoms with Crippen LogP contribution in [-0.2, 0) is 0 Å². The van der Waals surface area contributed by atoms with Crippen LogP contribution in [0.25, 0.3) is 0 Å². The Hall–Kier alpha value is -1.06. The molecule has 1 aromatic rings. The number of rotatable bonds is 8. The highest BCUT2D eigenvalue weighted by Crippen LogP contribution is 2.28. The predicted molar refractivity (Wildman–Crippen MR) is 79.6 cm³/mol. The molecule has 0 fully saturated rings. The van der Waals surface area contributed by atoms with E-state index in [1.165, 1.54) is 0 Å². The smallest absolute Gasteiger partial charge is 0.124 e. The van der Waals surface area contributed by atoms with Gasteiger partial charge in [0.05, 0.1) is 5.60 Å². The molecule has 0 radical (unpaired) electrons. The minimum atomic E-state index is -0.728. The Labute approximate surface area is 117 Å². The topological polar surface area (TPSA) is 41.5 Å². The number of hydrogen-bond acceptors (Lipinski definition) is 3. The lowest BCUT2D eigenvalue weighted by Gasteiger charge is -2.26. The molecule has 0 spiro atoms. The molecule has 0 aliphatic heterocycles. The van der Waals surface area contributed by atoms with Gasteiger partial charge in [0.1, 0.15) is 12.4 Å². The highest BCUT2D eigenvalue weighted by molar-refractivity contribution is 5.36. The number of hydrogen-bond donors (Lipinski definition) is 2. The second-order valence-corrected chi connectivity index (χ2v) is 5.01. The molecule has 108 valence electrons. The lowest BCUT2D eigenvalue weighted by Crippen LogP contribution is -2.34. The van der Waals surface area contributed by atoms with Crippen LogP contribution in [0.5, 0.6) is 5.75 Å². The average molecular weight is 265 g/mol. The van der Waals surface area contributed by atoms with E-state index in [1.807, 2.05) is 39.1 Å². The fraction of sp³-hybridized carbons (Fsp3) is 0.625. The molecular weight excluding hydrogens is 238 g/mol. The predicted octanol–water partition coefficient (Wildman–Crippen LogP) is 3.29. The van der Waals surface area contributed by atoms with E-state index < -0.39 is 5.60 Å². The van der Waals surface area contributed by atoms with Crippen molar-refractivity contribution < 1.29 is 9.84 Å². The number of para-hydroxylation sites is 1. The maximum absolute atomic E-state index is 10.3. The van der Waals surface area contributed by atoms with Gasteiger partial charge in [-0.25, -0.2) is 0 Å². The zero-order valence-electron chi connectivity index (χ0n) is 12.6. The van der Waals surface area contributed by atoms with Crippen LogP contribution < -0.4 is 10.1 Å². The summed E-state index contributed by atoms with van der Waals surface area (Å²) in [7, 11) is 1.96. The highest BCUT2D eigenvalue weighted by atomic mass is 16.5. The standard InChI is InChI=1S/C16H27NO2/c1-5-14(17-4)13-10-8-9-11-15(13)19-12-16(18,6-2)7-3/h8-11,14,17-18H,5-7,12H2,1-4H3. The third-order valence-electron chi connectivity index (χ3n) is 3.86. The van der Waals surface area contributed by atoms with Gasteiger partial charge in [0.15, 0.2) is 0 Å². The van der Waals surface area contributed by atoms with Gasteiger partial charge in [0, 0.05) is 11.6 Å². The van der Waals surface area contributed by atoms with E-state index in [2.05, 4.69) is 18.3 Å². The third-order valence-corrected chi connectivity index (χ3v) is 3.86. The van der Waals surface area contributed by atoms with Gasteiger partial charge >= 0.3 is 0 Å². The third kappa shape index (κ3) is 4.22. The van der Waals surface area contributed by atoms with E-state index in [9.17, 15) is 5.11 Å². The van der Waals surface area contributed by atoms with E-state index in [1.54, 1.807) is 0 Å². The molecule has 0 amide bonds. The molecule has 0 aliphatic carbocycles. The first-order chi connectivity index (χ1) is 9.10. The molecule has 2 N–H and O–H groups in total. The average Bonchev–Trinajstić information content (AvgIpc) is 2.47. The van der Waals surface area contributed by atoms with E-state index in [4.69, 9.17) is 4.74 Å². The summed E-state index contributed by atoms with van der Waals surface area (Å²) in [6.07, 6.45) is 2.41. The van der Waals surface area contributed by atoms with Crippen LogP contribution in [0.2, 0.25) is 0 Å². The fourth-order valence-electron chi connectivity index (χ4n) is 2.15. The Kier molecular flexibility index (Phi) is 6.32. The summed E-state index contributed by atoms with van der Waals surface area (Å²) >= 11 is 0. The van der Waals surface area contributed by atoms with Crippen LogP contribution in [0.15, 0.2) is 24.3 Å². The van der Waals surface area contributed by atoms with Crippen molar-refractivity contribution in [2.75, 3.05) is 13.7 Å². The van der Waals surface area contributed by atoms with Gasteiger partial charge in [-0.3, -0.25) is 0 Å². The molecule has 0 heterocycles. The van der Waals surface area contributed by atoms with E-state index >= 15 is 0 Å². The van der Waals surface area contributed by atoms with Crippen molar-refractivity contribution in [2.24, 2.45) is 0 Å². The van der Waals surface area contributed by atoms with Crippen LogP contribution >= 0.6 is 0 Å². The van der Waals surface area contributed by atoms with E-state index in [0.717, 1.165) is 17.7 Å². The second kappa shape index (κ2) is 7.51. The van der Waals surface area contributed by atoms with E-state index in [0.29, 0.717) is 19.4 Å². The highest BCUT2D eigenvalue weighted by Gasteiger charge is 2.24. The lowest BCUT2D eigenvalue weighted by atomic mass is 9.98. The molecule has 0 saturated heterocycles. The SMILES string of the molecule is CCC(NC)c1ccccc1OCC(O)(CC)CC. The van der Waals surface area contributed by atoms with Crippen molar-refractivity contribution in [3.63, 3.8) is 0 Å². The Morgan fingerprint density at radius 2 is 1.84 bits per heavy atom. The molecule has 0 bridgehead atoms. The molecular formula is C16H27NO2. The summed E-state index contributed by atoms with van der Waals surface area (Å²) in [5, 5.41) is 13.6. The number of nitrogens with one attached hydrogen (secondary N) is 1. The monoisotopic (exact) mass is 265 g/mol. The first kappa shape index (κ1) is 16.0. The van der Waals surface area contributed by atoms with E-state index in [-0.39, 0.29) is 6.04 Å². The largest absolute Gasteiger partial charge is 0.490 e. The Morgan fingerprint density at radius 1 is 1.21 bits per heavy atom. The van der Waals surface area contributed by atoms with Gasteiger partial charge in [-0.05, 0) is 32.4 Å². The Balaban J connectivity index is 2.84. The summed E-state index contributed by atoms with van der Waals surface area (Å²) < 4.78 is 5.88. The minimum Gasteiger partial charge on any atom is -0.490 e. The Bertz CT molecular complexity index is 371. The number of aliphatic hydroxyl groups is 1. The van der Waals surface area contributed by atoms with Crippen molar-refractivity contribution in [3.05, 3.63) is 29.8 Å². The van der Waals surface area contributed by atoms with Crippen molar-refractivity contribution in [2.45, 2.75) is 51.7 Å². The summed E-state index contributed by atoms with van der Waals surface area (Å²) in [4.78, 5) is 0. The first-order valence-corrected chi connectivity index (χ1v) is 7.21. The van der Waals surface area contributed by atoms with Crippen molar-refractivity contribution >= 4 is 0 Å². The van der Waals surface area contributed by atoms with Crippen LogP contribution in [0.3, 0.4) is 0 Å². The first-order valence-electron chi connectivity index (χ1n) is 7.21. The number of ether oxygens (including phenoxy) is 1. The number of benzene rings is 1. The summed E-state index contributed by atoms with van der Waals surface area (Å²) in [6.45, 7) is 6.46. The lowest BCUT2D eigenvalue weighted by molar-refractivity contribution is -0.0117. The summed E-state index contributed by atoms with van der Waals surface area (Å²) in [5.41, 5.74) is 0.427. The summed E-state index contributed by atoms with van der Waals surface area (Å²) in [6, 6.07) is 8.33. The van der Waals surface area contributed by atoms with Gasteiger partial charge in [-0.15, -0.1) is 0 Å². The molecule has 0 aliphatic rings. The molecule has 1 atom stereocenters. The fourth-order valence-corrected chi connectivity index (χ4v) is 2.15. The quantitative estimate of drug-likeness (QED) is 0.758. The molecule has 3 nitrogen and oxygen atoms in total. The van der Waals surface area contributed by atoms with Crippen LogP contribution in [-0.4, -0.2) is 24.4 Å². The van der Waals surface area contributed by atoms with Gasteiger partial charge < -0.3 is 15.2 Å². The van der Waals surface area contributed by atoms with Crippen LogP contribution in [0.1, 0.15) is 51.6 Å². The van der Waals surface area contributed by atoms with Gasteiger partial charge in [0.25, 0.3) is 0 Å². The normalized spacial score (nSPS) is 13.3. The van der Waals surface area contributed by atoms with Gasteiger partial charge in [-0.2, -0.15) is 0 Å². The zero-order valence-corrected chi connectivity index (χ0v) is 12.6. The second-order valence-electron chi connectivity index (χ2n) is 5.01. The van der Waals surface area contributed by atoms with Gasteiger partial charge in [-0.1, -0.05) is 39.0 Å². The minimum absolute atomic E-state index is 0.285. The van der Waals surface area contributed by atoms with Crippen molar-refractivity contribution in [1.29, 1.82) is 0 Å².